The molecule has 1 atom stereocenters. The molecule has 0 spiro atoms. The van der Waals surface area contributed by atoms with Crippen molar-refractivity contribution in [3.05, 3.63) is 47.4 Å². The second kappa shape index (κ2) is 10.2. The molecule has 0 radical (unpaired) electrons. The fourth-order valence-electron chi connectivity index (χ4n) is 4.73. The maximum atomic E-state index is 13.6. The summed E-state index contributed by atoms with van der Waals surface area (Å²) < 4.78 is 18.8. The molecule has 4 heterocycles. The van der Waals surface area contributed by atoms with Crippen LogP contribution in [0.2, 0.25) is 5.02 Å². The summed E-state index contributed by atoms with van der Waals surface area (Å²) in [7, 11) is 1.54. The SMILES string of the molecule is COc1ncc(Cl)c(N2CCN(c3cc(-c4ccc(F)cc4)nc(N4CCCCC4)n3)C(C)C2)n1. The zero-order valence-corrected chi connectivity index (χ0v) is 20.7. The van der Waals surface area contributed by atoms with E-state index in [1.807, 2.05) is 6.07 Å². The van der Waals surface area contributed by atoms with Gasteiger partial charge in [-0.05, 0) is 50.5 Å². The summed E-state index contributed by atoms with van der Waals surface area (Å²) in [6.07, 6.45) is 5.08. The van der Waals surface area contributed by atoms with Crippen molar-refractivity contribution in [1.29, 1.82) is 0 Å². The number of ether oxygens (including phenoxy) is 1. The average Bonchev–Trinajstić information content (AvgIpc) is 2.89. The predicted molar refractivity (Wildman–Crippen MR) is 136 cm³/mol. The van der Waals surface area contributed by atoms with Crippen LogP contribution in [0.4, 0.5) is 22.0 Å². The van der Waals surface area contributed by atoms with Crippen LogP contribution in [0.5, 0.6) is 6.01 Å². The topological polar surface area (TPSA) is 70.5 Å². The van der Waals surface area contributed by atoms with E-state index in [1.165, 1.54) is 18.6 Å². The number of hydrogen-bond acceptors (Lipinski definition) is 8. The maximum Gasteiger partial charge on any atom is 0.318 e. The van der Waals surface area contributed by atoms with Crippen LogP contribution in [0.25, 0.3) is 11.3 Å². The molecule has 2 saturated heterocycles. The Morgan fingerprint density at radius 2 is 1.74 bits per heavy atom. The molecule has 2 fully saturated rings. The quantitative estimate of drug-likeness (QED) is 0.512. The molecule has 3 aromatic rings. The van der Waals surface area contributed by atoms with Gasteiger partial charge >= 0.3 is 6.01 Å². The van der Waals surface area contributed by atoms with Crippen molar-refractivity contribution in [2.24, 2.45) is 0 Å². The van der Waals surface area contributed by atoms with Crippen molar-refractivity contribution in [1.82, 2.24) is 19.9 Å². The normalized spacial score (nSPS) is 18.6. The van der Waals surface area contributed by atoms with Gasteiger partial charge in [0.15, 0.2) is 5.82 Å². The molecule has 2 aliphatic rings. The van der Waals surface area contributed by atoms with Crippen LogP contribution in [0.15, 0.2) is 36.5 Å². The summed E-state index contributed by atoms with van der Waals surface area (Å²) in [5.41, 5.74) is 1.67. The predicted octanol–water partition coefficient (Wildman–Crippen LogP) is 4.44. The molecule has 1 aromatic carbocycles. The highest BCUT2D eigenvalue weighted by Gasteiger charge is 2.28. The molecular weight excluding hydrogens is 469 g/mol. The molecular formula is C25H29ClFN7O. The van der Waals surface area contributed by atoms with Gasteiger partial charge in [0.05, 0.1) is 19.0 Å². The van der Waals surface area contributed by atoms with Crippen molar-refractivity contribution >= 4 is 29.2 Å². The van der Waals surface area contributed by atoms with Gasteiger partial charge in [0, 0.05) is 50.4 Å². The van der Waals surface area contributed by atoms with Gasteiger partial charge in [-0.1, -0.05) is 11.6 Å². The molecule has 1 unspecified atom stereocenters. The number of halogens is 2. The maximum absolute atomic E-state index is 13.6. The van der Waals surface area contributed by atoms with Crippen LogP contribution in [0.1, 0.15) is 26.2 Å². The second-order valence-electron chi connectivity index (χ2n) is 8.98. The molecule has 0 N–H and O–H groups in total. The Bertz CT molecular complexity index is 1170. The van der Waals surface area contributed by atoms with Gasteiger partial charge in [0.2, 0.25) is 5.95 Å². The first-order chi connectivity index (χ1) is 17.0. The van der Waals surface area contributed by atoms with Gasteiger partial charge in [-0.2, -0.15) is 9.97 Å². The third kappa shape index (κ3) is 5.10. The van der Waals surface area contributed by atoms with Crippen LogP contribution >= 0.6 is 11.6 Å². The Kier molecular flexibility index (Phi) is 6.86. The van der Waals surface area contributed by atoms with Gasteiger partial charge < -0.3 is 19.4 Å². The van der Waals surface area contributed by atoms with Crippen LogP contribution in [0.3, 0.4) is 0 Å². The summed E-state index contributed by atoms with van der Waals surface area (Å²) in [4.78, 5) is 25.1. The van der Waals surface area contributed by atoms with Crippen molar-refractivity contribution in [2.75, 3.05) is 54.5 Å². The summed E-state index contributed by atoms with van der Waals surface area (Å²) in [5, 5.41) is 0.500. The van der Waals surface area contributed by atoms with E-state index in [4.69, 9.17) is 26.3 Å². The number of benzene rings is 1. The number of hydrogen-bond donors (Lipinski definition) is 0. The summed E-state index contributed by atoms with van der Waals surface area (Å²) in [5.74, 6) is 2.02. The zero-order valence-electron chi connectivity index (χ0n) is 20.0. The number of piperazine rings is 1. The molecule has 5 rings (SSSR count). The van der Waals surface area contributed by atoms with Crippen molar-refractivity contribution in [2.45, 2.75) is 32.2 Å². The molecule has 8 nitrogen and oxygen atoms in total. The van der Waals surface area contributed by atoms with E-state index >= 15 is 0 Å². The molecule has 35 heavy (non-hydrogen) atoms. The standard InChI is InChI=1S/C25H29ClFN7O/c1-17-16-33(23-20(26)15-28-25(31-23)35-2)12-13-34(17)22-14-21(18-6-8-19(27)9-7-18)29-24(30-22)32-10-4-3-5-11-32/h6-9,14-15,17H,3-5,10-13,16H2,1-2H3. The number of aromatic nitrogens is 4. The first-order valence-electron chi connectivity index (χ1n) is 12.0. The Hall–Kier alpha value is -3.20. The van der Waals surface area contributed by atoms with Gasteiger partial charge in [-0.15, -0.1) is 0 Å². The van der Waals surface area contributed by atoms with Gasteiger partial charge in [0.1, 0.15) is 16.7 Å². The molecule has 10 heteroatoms. The Morgan fingerprint density at radius 1 is 0.971 bits per heavy atom. The van der Waals surface area contributed by atoms with E-state index in [0.29, 0.717) is 16.9 Å². The van der Waals surface area contributed by atoms with Crippen LogP contribution < -0.4 is 19.4 Å². The van der Waals surface area contributed by atoms with E-state index in [0.717, 1.165) is 68.6 Å². The third-order valence-corrected chi connectivity index (χ3v) is 6.85. The first kappa shape index (κ1) is 23.5. The lowest BCUT2D eigenvalue weighted by atomic mass is 10.1. The molecule has 184 valence electrons. The second-order valence-corrected chi connectivity index (χ2v) is 9.39. The molecule has 2 aliphatic heterocycles. The number of anilines is 3. The third-order valence-electron chi connectivity index (χ3n) is 6.59. The number of rotatable bonds is 5. The average molecular weight is 498 g/mol. The fraction of sp³-hybridized carbons (Fsp3) is 0.440. The Morgan fingerprint density at radius 3 is 2.46 bits per heavy atom. The lowest BCUT2D eigenvalue weighted by Crippen LogP contribution is -2.53. The highest BCUT2D eigenvalue weighted by molar-refractivity contribution is 6.32. The molecule has 0 bridgehead atoms. The lowest BCUT2D eigenvalue weighted by Gasteiger charge is -2.41. The molecule has 2 aromatic heterocycles. The van der Waals surface area contributed by atoms with E-state index in [2.05, 4.69) is 31.6 Å². The fourth-order valence-corrected chi connectivity index (χ4v) is 4.94. The van der Waals surface area contributed by atoms with E-state index in [1.54, 1.807) is 25.4 Å². The molecule has 0 saturated carbocycles. The molecule has 0 aliphatic carbocycles. The summed E-state index contributed by atoms with van der Waals surface area (Å²) >= 11 is 6.41. The summed E-state index contributed by atoms with van der Waals surface area (Å²) in [6.45, 7) is 6.24. The van der Waals surface area contributed by atoms with Crippen molar-refractivity contribution in [3.8, 4) is 17.3 Å². The Balaban J connectivity index is 1.44. The molecule has 0 amide bonds. The minimum Gasteiger partial charge on any atom is -0.467 e. The zero-order chi connectivity index (χ0) is 24.4. The first-order valence-corrected chi connectivity index (χ1v) is 12.4. The van der Waals surface area contributed by atoms with Gasteiger partial charge in [-0.25, -0.2) is 14.4 Å². The van der Waals surface area contributed by atoms with E-state index < -0.39 is 0 Å². The van der Waals surface area contributed by atoms with Crippen LogP contribution in [-0.2, 0) is 0 Å². The monoisotopic (exact) mass is 497 g/mol. The van der Waals surface area contributed by atoms with Crippen molar-refractivity contribution in [3.63, 3.8) is 0 Å². The summed E-state index contributed by atoms with van der Waals surface area (Å²) in [6, 6.07) is 8.93. The number of nitrogens with zero attached hydrogens (tertiary/aromatic N) is 7. The lowest BCUT2D eigenvalue weighted by molar-refractivity contribution is 0.379. The van der Waals surface area contributed by atoms with E-state index in [9.17, 15) is 4.39 Å². The van der Waals surface area contributed by atoms with E-state index in [-0.39, 0.29) is 11.9 Å². The highest BCUT2D eigenvalue weighted by Crippen LogP contribution is 2.31. The number of piperidine rings is 1. The minimum atomic E-state index is -0.260. The largest absolute Gasteiger partial charge is 0.467 e. The smallest absolute Gasteiger partial charge is 0.318 e. The Labute approximate surface area is 209 Å². The highest BCUT2D eigenvalue weighted by atomic mass is 35.5. The minimum absolute atomic E-state index is 0.144. The van der Waals surface area contributed by atoms with Crippen LogP contribution in [-0.4, -0.2) is 65.8 Å². The van der Waals surface area contributed by atoms with Gasteiger partial charge in [-0.3, -0.25) is 0 Å². The number of methoxy groups -OCH3 is 1. The van der Waals surface area contributed by atoms with Gasteiger partial charge in [0.25, 0.3) is 0 Å². The van der Waals surface area contributed by atoms with Crippen molar-refractivity contribution < 1.29 is 9.13 Å². The van der Waals surface area contributed by atoms with Crippen LogP contribution in [0, 0.1) is 5.82 Å².